The van der Waals surface area contributed by atoms with Crippen LogP contribution in [0.3, 0.4) is 0 Å². The highest BCUT2D eigenvalue weighted by atomic mass is 14.7. The fourth-order valence-electron chi connectivity index (χ4n) is 1.76. The van der Waals surface area contributed by atoms with E-state index in [2.05, 4.69) is 49.2 Å². The van der Waals surface area contributed by atoms with E-state index in [-0.39, 0.29) is 0 Å². The van der Waals surface area contributed by atoms with E-state index >= 15 is 0 Å². The topological polar surface area (TPSA) is 38.9 Å². The van der Waals surface area contributed by atoms with E-state index < -0.39 is 0 Å². The number of nitrogens with two attached hydrogens (primary N) is 1. The summed E-state index contributed by atoms with van der Waals surface area (Å²) in [5, 5.41) is 0. The van der Waals surface area contributed by atoms with Crippen LogP contribution in [-0.4, -0.2) is 4.98 Å². The van der Waals surface area contributed by atoms with Crippen molar-refractivity contribution in [3.05, 3.63) is 53.2 Å². The molecule has 0 unspecified atom stereocenters. The van der Waals surface area contributed by atoms with Crippen LogP contribution in [0.4, 0.5) is 0 Å². The van der Waals surface area contributed by atoms with Crippen LogP contribution in [-0.2, 0) is 6.54 Å². The molecule has 0 saturated carbocycles. The predicted octanol–water partition coefficient (Wildman–Crippen LogP) is 2.82. The lowest BCUT2D eigenvalue weighted by atomic mass is 10.0. The van der Waals surface area contributed by atoms with E-state index in [4.69, 9.17) is 5.73 Å². The molecule has 0 atom stereocenters. The summed E-state index contributed by atoms with van der Waals surface area (Å²) in [4.78, 5) is 4.47. The number of aryl methyl sites for hydroxylation is 2. The van der Waals surface area contributed by atoms with Gasteiger partial charge in [0.2, 0.25) is 0 Å². The molecule has 0 saturated heterocycles. The van der Waals surface area contributed by atoms with Crippen molar-refractivity contribution in [2.45, 2.75) is 20.4 Å². The molecule has 0 amide bonds. The molecule has 0 fully saturated rings. The van der Waals surface area contributed by atoms with Crippen LogP contribution in [0.5, 0.6) is 0 Å². The van der Waals surface area contributed by atoms with Crippen molar-refractivity contribution in [2.75, 3.05) is 0 Å². The third-order valence-electron chi connectivity index (χ3n) is 2.70. The summed E-state index contributed by atoms with van der Waals surface area (Å²) < 4.78 is 0. The predicted molar refractivity (Wildman–Crippen MR) is 67.0 cm³/mol. The van der Waals surface area contributed by atoms with Crippen molar-refractivity contribution < 1.29 is 0 Å². The second kappa shape index (κ2) is 4.45. The van der Waals surface area contributed by atoms with Crippen LogP contribution in [0.25, 0.3) is 11.3 Å². The Kier molecular flexibility index (Phi) is 3.02. The Morgan fingerprint density at radius 1 is 1.12 bits per heavy atom. The third-order valence-corrected chi connectivity index (χ3v) is 2.70. The molecule has 2 aromatic rings. The van der Waals surface area contributed by atoms with E-state index in [1.54, 1.807) is 0 Å². The molecule has 1 aromatic carbocycles. The summed E-state index contributed by atoms with van der Waals surface area (Å²) in [6.45, 7) is 4.70. The second-order valence-electron chi connectivity index (χ2n) is 4.08. The number of benzene rings is 1. The standard InChI is InChI=1S/C14H16N2/c1-10-3-5-13(6-4-10)14-11(2)7-12(8-15)9-16-14/h3-7,9H,8,15H2,1-2H3. The molecule has 0 aliphatic heterocycles. The first-order chi connectivity index (χ1) is 7.70. The van der Waals surface area contributed by atoms with Crippen LogP contribution >= 0.6 is 0 Å². The number of rotatable bonds is 2. The number of pyridine rings is 1. The van der Waals surface area contributed by atoms with Gasteiger partial charge in [0.15, 0.2) is 0 Å². The summed E-state index contributed by atoms with van der Waals surface area (Å²) in [5.41, 5.74) is 11.3. The van der Waals surface area contributed by atoms with Crippen molar-refractivity contribution in [1.82, 2.24) is 4.98 Å². The molecule has 0 aliphatic rings. The largest absolute Gasteiger partial charge is 0.326 e. The van der Waals surface area contributed by atoms with Gasteiger partial charge in [-0.2, -0.15) is 0 Å². The van der Waals surface area contributed by atoms with Gasteiger partial charge in [-0.3, -0.25) is 4.98 Å². The first kappa shape index (κ1) is 10.8. The molecule has 0 bridgehead atoms. The molecule has 82 valence electrons. The Balaban J connectivity index is 2.44. The first-order valence-electron chi connectivity index (χ1n) is 5.43. The summed E-state index contributed by atoms with van der Waals surface area (Å²) >= 11 is 0. The van der Waals surface area contributed by atoms with Crippen LogP contribution in [0.15, 0.2) is 36.5 Å². The van der Waals surface area contributed by atoms with Crippen molar-refractivity contribution >= 4 is 0 Å². The van der Waals surface area contributed by atoms with Gasteiger partial charge in [0.1, 0.15) is 0 Å². The normalized spacial score (nSPS) is 10.4. The molecule has 2 nitrogen and oxygen atoms in total. The van der Waals surface area contributed by atoms with Crippen molar-refractivity contribution in [3.63, 3.8) is 0 Å². The SMILES string of the molecule is Cc1ccc(-c2ncc(CN)cc2C)cc1. The molecular weight excluding hydrogens is 196 g/mol. The molecule has 2 rings (SSSR count). The smallest absolute Gasteiger partial charge is 0.0731 e. The molecular formula is C14H16N2. The van der Waals surface area contributed by atoms with Crippen LogP contribution < -0.4 is 5.73 Å². The Morgan fingerprint density at radius 2 is 1.81 bits per heavy atom. The zero-order valence-corrected chi connectivity index (χ0v) is 9.70. The van der Waals surface area contributed by atoms with Crippen molar-refractivity contribution in [1.29, 1.82) is 0 Å². The Hall–Kier alpha value is -1.67. The van der Waals surface area contributed by atoms with E-state index in [1.165, 1.54) is 11.1 Å². The van der Waals surface area contributed by atoms with Gasteiger partial charge in [-0.1, -0.05) is 35.9 Å². The lowest BCUT2D eigenvalue weighted by molar-refractivity contribution is 1.04. The highest BCUT2D eigenvalue weighted by Crippen LogP contribution is 2.21. The maximum absolute atomic E-state index is 5.59. The second-order valence-corrected chi connectivity index (χ2v) is 4.08. The summed E-state index contributed by atoms with van der Waals surface area (Å²) in [6, 6.07) is 10.5. The molecule has 0 aliphatic carbocycles. The fraction of sp³-hybridized carbons (Fsp3) is 0.214. The van der Waals surface area contributed by atoms with E-state index in [1.807, 2.05) is 6.20 Å². The minimum Gasteiger partial charge on any atom is -0.326 e. The summed E-state index contributed by atoms with van der Waals surface area (Å²) in [7, 11) is 0. The molecule has 1 heterocycles. The average molecular weight is 212 g/mol. The highest BCUT2D eigenvalue weighted by molar-refractivity contribution is 5.63. The number of aromatic nitrogens is 1. The Labute approximate surface area is 96.1 Å². The van der Waals surface area contributed by atoms with E-state index in [9.17, 15) is 0 Å². The first-order valence-corrected chi connectivity index (χ1v) is 5.43. The van der Waals surface area contributed by atoms with Crippen LogP contribution in [0, 0.1) is 13.8 Å². The molecule has 2 N–H and O–H groups in total. The molecule has 1 aromatic heterocycles. The zero-order chi connectivity index (χ0) is 11.5. The van der Waals surface area contributed by atoms with Gasteiger partial charge in [-0.15, -0.1) is 0 Å². The Morgan fingerprint density at radius 3 is 2.38 bits per heavy atom. The highest BCUT2D eigenvalue weighted by Gasteiger charge is 2.03. The number of nitrogens with zero attached hydrogens (tertiary/aromatic N) is 1. The Bertz CT molecular complexity index is 487. The molecule has 16 heavy (non-hydrogen) atoms. The van der Waals surface area contributed by atoms with E-state index in [0.29, 0.717) is 6.54 Å². The minimum absolute atomic E-state index is 0.544. The van der Waals surface area contributed by atoms with Gasteiger partial charge < -0.3 is 5.73 Å². The molecule has 0 spiro atoms. The van der Waals surface area contributed by atoms with Gasteiger partial charge in [0.25, 0.3) is 0 Å². The zero-order valence-electron chi connectivity index (χ0n) is 9.70. The lowest BCUT2D eigenvalue weighted by Gasteiger charge is -2.07. The van der Waals surface area contributed by atoms with E-state index in [0.717, 1.165) is 16.8 Å². The quantitative estimate of drug-likeness (QED) is 0.831. The van der Waals surface area contributed by atoms with Crippen LogP contribution in [0.1, 0.15) is 16.7 Å². The van der Waals surface area contributed by atoms with Gasteiger partial charge in [-0.05, 0) is 25.0 Å². The van der Waals surface area contributed by atoms with Crippen molar-refractivity contribution in [3.8, 4) is 11.3 Å². The maximum Gasteiger partial charge on any atom is 0.0731 e. The fourth-order valence-corrected chi connectivity index (χ4v) is 1.76. The van der Waals surface area contributed by atoms with Gasteiger partial charge >= 0.3 is 0 Å². The monoisotopic (exact) mass is 212 g/mol. The van der Waals surface area contributed by atoms with Gasteiger partial charge in [-0.25, -0.2) is 0 Å². The number of hydrogen-bond donors (Lipinski definition) is 1. The number of hydrogen-bond acceptors (Lipinski definition) is 2. The lowest BCUT2D eigenvalue weighted by Crippen LogP contribution is -1.99. The third kappa shape index (κ3) is 2.12. The van der Waals surface area contributed by atoms with Crippen LogP contribution in [0.2, 0.25) is 0 Å². The maximum atomic E-state index is 5.59. The van der Waals surface area contributed by atoms with Gasteiger partial charge in [0.05, 0.1) is 5.69 Å². The summed E-state index contributed by atoms with van der Waals surface area (Å²) in [6.07, 6.45) is 1.85. The van der Waals surface area contributed by atoms with Gasteiger partial charge in [0, 0.05) is 18.3 Å². The average Bonchev–Trinajstić information content (AvgIpc) is 2.30. The molecule has 0 radical (unpaired) electrons. The molecule has 2 heteroatoms. The minimum atomic E-state index is 0.544. The van der Waals surface area contributed by atoms with Crippen molar-refractivity contribution in [2.24, 2.45) is 5.73 Å². The summed E-state index contributed by atoms with van der Waals surface area (Å²) in [5.74, 6) is 0.